The van der Waals surface area contributed by atoms with Gasteiger partial charge >= 0.3 is 0 Å². The van der Waals surface area contributed by atoms with Gasteiger partial charge in [0.15, 0.2) is 0 Å². The van der Waals surface area contributed by atoms with Crippen LogP contribution in [0.15, 0.2) is 42.5 Å². The van der Waals surface area contributed by atoms with Gasteiger partial charge in [0.25, 0.3) is 0 Å². The van der Waals surface area contributed by atoms with Gasteiger partial charge < -0.3 is 10.2 Å². The average Bonchev–Trinajstić information content (AvgIpc) is 2.73. The van der Waals surface area contributed by atoms with Crippen LogP contribution in [-0.2, 0) is 26.2 Å². The lowest BCUT2D eigenvalue weighted by atomic mass is 10.1. The minimum absolute atomic E-state index is 0.0630. The number of carbonyl (C=O) groups is 2. The molecule has 0 radical (unpaired) electrons. The molecule has 0 aliphatic heterocycles. The van der Waals surface area contributed by atoms with E-state index in [0.29, 0.717) is 0 Å². The zero-order valence-corrected chi connectivity index (χ0v) is 22.3. The summed E-state index contributed by atoms with van der Waals surface area (Å²) in [6.45, 7) is 7.03. The Bertz CT molecular complexity index is 1120. The summed E-state index contributed by atoms with van der Waals surface area (Å²) in [4.78, 5) is 27.8. The summed E-state index contributed by atoms with van der Waals surface area (Å²) in [7, 11) is -3.86. The van der Waals surface area contributed by atoms with Crippen LogP contribution in [0.2, 0.25) is 10.0 Å². The van der Waals surface area contributed by atoms with E-state index in [1.165, 1.54) is 23.1 Å². The summed E-state index contributed by atoms with van der Waals surface area (Å²) in [5, 5.41) is 3.37. The molecule has 0 bridgehead atoms. The molecule has 0 fully saturated rings. The highest BCUT2D eigenvalue weighted by Gasteiger charge is 2.30. The summed E-state index contributed by atoms with van der Waals surface area (Å²) < 4.78 is 26.1. The molecule has 2 amide bonds. The molecular formula is C24H31Cl2N3O4S. The van der Waals surface area contributed by atoms with Crippen molar-refractivity contribution < 1.29 is 18.0 Å². The molecule has 0 unspecified atom stereocenters. The third kappa shape index (κ3) is 7.89. The molecule has 2 aromatic carbocycles. The Morgan fingerprint density at radius 3 is 2.21 bits per heavy atom. The Morgan fingerprint density at radius 2 is 1.68 bits per heavy atom. The number of anilines is 1. The second kappa shape index (κ2) is 11.9. The van der Waals surface area contributed by atoms with Gasteiger partial charge in [0.05, 0.1) is 11.9 Å². The maximum absolute atomic E-state index is 13.5. The monoisotopic (exact) mass is 527 g/mol. The number of hydrogen-bond donors (Lipinski definition) is 1. The third-order valence-electron chi connectivity index (χ3n) is 5.42. The molecule has 1 N–H and O–H groups in total. The molecule has 0 saturated heterocycles. The van der Waals surface area contributed by atoms with E-state index in [1.807, 2.05) is 45.0 Å². The van der Waals surface area contributed by atoms with Crippen LogP contribution in [0.1, 0.15) is 38.3 Å². The van der Waals surface area contributed by atoms with E-state index >= 15 is 0 Å². The first kappa shape index (κ1) is 28.0. The van der Waals surface area contributed by atoms with E-state index in [2.05, 4.69) is 5.32 Å². The van der Waals surface area contributed by atoms with Crippen molar-refractivity contribution in [3.05, 3.63) is 63.6 Å². The van der Waals surface area contributed by atoms with E-state index in [9.17, 15) is 18.0 Å². The van der Waals surface area contributed by atoms with Gasteiger partial charge in [-0.05, 0) is 51.0 Å². The fraction of sp³-hybridized carbons (Fsp3) is 0.417. The maximum atomic E-state index is 13.5. The predicted octanol–water partition coefficient (Wildman–Crippen LogP) is 4.40. The predicted molar refractivity (Wildman–Crippen MR) is 138 cm³/mol. The van der Waals surface area contributed by atoms with E-state index < -0.39 is 28.5 Å². The van der Waals surface area contributed by atoms with Crippen molar-refractivity contribution in [2.75, 3.05) is 17.1 Å². The fourth-order valence-corrected chi connectivity index (χ4v) is 4.70. The Morgan fingerprint density at radius 1 is 1.06 bits per heavy atom. The van der Waals surface area contributed by atoms with E-state index in [0.717, 1.165) is 28.1 Å². The second-order valence-electron chi connectivity index (χ2n) is 8.40. The second-order valence-corrected chi connectivity index (χ2v) is 11.2. The van der Waals surface area contributed by atoms with Gasteiger partial charge in [0.2, 0.25) is 21.8 Å². The summed E-state index contributed by atoms with van der Waals surface area (Å²) in [5.74, 6) is -0.845. The highest BCUT2D eigenvalue weighted by Crippen LogP contribution is 2.27. The van der Waals surface area contributed by atoms with Crippen molar-refractivity contribution in [2.24, 2.45) is 0 Å². The molecule has 34 heavy (non-hydrogen) atoms. The Hall–Kier alpha value is -2.29. The van der Waals surface area contributed by atoms with Crippen molar-refractivity contribution in [1.82, 2.24) is 10.2 Å². The topological polar surface area (TPSA) is 86.8 Å². The number of nitrogens with zero attached hydrogens (tertiary/aromatic N) is 2. The number of nitrogens with one attached hydrogen (secondary N) is 1. The van der Waals surface area contributed by atoms with Crippen LogP contribution < -0.4 is 9.62 Å². The van der Waals surface area contributed by atoms with Crippen LogP contribution in [0, 0.1) is 6.92 Å². The third-order valence-corrected chi connectivity index (χ3v) is 7.00. The lowest BCUT2D eigenvalue weighted by molar-refractivity contribution is -0.139. The number of halogens is 2. The van der Waals surface area contributed by atoms with Gasteiger partial charge in [-0.15, -0.1) is 0 Å². The Kier molecular flexibility index (Phi) is 9.79. The normalized spacial score (nSPS) is 13.1. The molecule has 0 aromatic heterocycles. The van der Waals surface area contributed by atoms with Crippen LogP contribution in [0.3, 0.4) is 0 Å². The van der Waals surface area contributed by atoms with Crippen molar-refractivity contribution in [1.29, 1.82) is 0 Å². The van der Waals surface area contributed by atoms with Crippen LogP contribution in [0.5, 0.6) is 0 Å². The van der Waals surface area contributed by atoms with Crippen molar-refractivity contribution in [3.63, 3.8) is 0 Å². The summed E-state index contributed by atoms with van der Waals surface area (Å²) >= 11 is 12.1. The molecule has 0 spiro atoms. The minimum Gasteiger partial charge on any atom is -0.352 e. The molecule has 7 nitrogen and oxygen atoms in total. The van der Waals surface area contributed by atoms with Crippen molar-refractivity contribution >= 4 is 50.7 Å². The summed E-state index contributed by atoms with van der Waals surface area (Å²) in [6.07, 6.45) is 1.74. The van der Waals surface area contributed by atoms with E-state index in [4.69, 9.17) is 23.2 Å². The van der Waals surface area contributed by atoms with Gasteiger partial charge in [-0.3, -0.25) is 13.9 Å². The molecule has 0 aliphatic carbocycles. The number of sulfonamides is 1. The molecule has 2 aromatic rings. The van der Waals surface area contributed by atoms with Gasteiger partial charge in [-0.2, -0.15) is 0 Å². The molecular weight excluding hydrogens is 497 g/mol. The number of rotatable bonds is 10. The van der Waals surface area contributed by atoms with Crippen LogP contribution in [-0.4, -0.2) is 50.0 Å². The highest BCUT2D eigenvalue weighted by atomic mass is 35.5. The molecule has 2 rings (SSSR count). The largest absolute Gasteiger partial charge is 0.352 e. The number of benzene rings is 2. The van der Waals surface area contributed by atoms with Crippen molar-refractivity contribution in [3.8, 4) is 0 Å². The number of hydrogen-bond acceptors (Lipinski definition) is 4. The lowest BCUT2D eigenvalue weighted by Crippen LogP contribution is -2.52. The minimum atomic E-state index is -3.86. The van der Waals surface area contributed by atoms with E-state index in [-0.39, 0.29) is 34.2 Å². The van der Waals surface area contributed by atoms with Crippen molar-refractivity contribution in [2.45, 2.75) is 52.7 Å². The maximum Gasteiger partial charge on any atom is 0.244 e. The van der Waals surface area contributed by atoms with Gasteiger partial charge in [-0.1, -0.05) is 60.0 Å². The van der Waals surface area contributed by atoms with Gasteiger partial charge in [0.1, 0.15) is 12.6 Å². The number of carbonyl (C=O) groups excluding carboxylic acids is 2. The number of aryl methyl sites for hydroxylation is 1. The summed E-state index contributed by atoms with van der Waals surface area (Å²) in [5.41, 5.74) is 2.00. The SMILES string of the molecule is CC[C@H](C)NC(=O)[C@@H](C)N(Cc1cccc(C)c1)C(=O)CN(c1cc(Cl)cc(Cl)c1)S(C)(=O)=O. The standard InChI is InChI=1S/C24H31Cl2N3O4S/c1-6-17(3)27-24(31)18(4)28(14-19-9-7-8-16(2)10-19)23(30)15-29(34(5,32)33)22-12-20(25)11-21(26)13-22/h7-13,17-18H,6,14-15H2,1-5H3,(H,27,31)/t17-,18+/m0/s1. The first-order valence-corrected chi connectivity index (χ1v) is 13.5. The Labute approximate surface area is 212 Å². The van der Waals surface area contributed by atoms with E-state index in [1.54, 1.807) is 6.92 Å². The first-order chi connectivity index (χ1) is 15.8. The molecule has 10 heteroatoms. The van der Waals surface area contributed by atoms with Gasteiger partial charge in [0, 0.05) is 22.6 Å². The smallest absolute Gasteiger partial charge is 0.244 e. The average molecular weight is 529 g/mol. The molecule has 0 heterocycles. The van der Waals surface area contributed by atoms with Crippen LogP contribution in [0.4, 0.5) is 5.69 Å². The van der Waals surface area contributed by atoms with Gasteiger partial charge in [-0.25, -0.2) is 8.42 Å². The number of amides is 2. The molecule has 2 atom stereocenters. The van der Waals surface area contributed by atoms with Crippen LogP contribution >= 0.6 is 23.2 Å². The Balaban J connectivity index is 2.42. The zero-order valence-electron chi connectivity index (χ0n) is 20.0. The quantitative estimate of drug-likeness (QED) is 0.495. The summed E-state index contributed by atoms with van der Waals surface area (Å²) in [6, 6.07) is 11.0. The zero-order chi connectivity index (χ0) is 25.6. The molecule has 186 valence electrons. The first-order valence-electron chi connectivity index (χ1n) is 10.9. The highest BCUT2D eigenvalue weighted by molar-refractivity contribution is 7.92. The molecule has 0 aliphatic rings. The molecule has 0 saturated carbocycles. The lowest BCUT2D eigenvalue weighted by Gasteiger charge is -2.32. The van der Waals surface area contributed by atoms with Crippen LogP contribution in [0.25, 0.3) is 0 Å². The fourth-order valence-electron chi connectivity index (χ4n) is 3.35.